The molecule has 0 fully saturated rings. The Labute approximate surface area is 386 Å². The molecule has 0 aromatic carbocycles. The molecule has 1 unspecified atom stereocenters. The number of rotatable bonds is 50. The van der Waals surface area contributed by atoms with Crippen LogP contribution in [0.2, 0.25) is 0 Å². The van der Waals surface area contributed by atoms with E-state index in [4.69, 9.17) is 14.2 Å². The van der Waals surface area contributed by atoms with Crippen molar-refractivity contribution < 1.29 is 23.8 Å². The van der Waals surface area contributed by atoms with Crippen molar-refractivity contribution in [3.05, 3.63) is 48.6 Å². The topological polar surface area (TPSA) is 61.8 Å². The Kier molecular flexibility index (Phi) is 51.4. The number of hydrogen-bond acceptors (Lipinski definition) is 5. The molecule has 0 rings (SSSR count). The summed E-state index contributed by atoms with van der Waals surface area (Å²) in [6, 6.07) is 0. The van der Waals surface area contributed by atoms with Crippen molar-refractivity contribution in [3.8, 4) is 0 Å². The quantitative estimate of drug-likeness (QED) is 0.0346. The number of carbonyl (C=O) groups excluding carboxylic acids is 2. The Hall–Kier alpha value is -2.14. The molecule has 0 radical (unpaired) electrons. The zero-order valence-electron chi connectivity index (χ0n) is 41.6. The third-order valence-corrected chi connectivity index (χ3v) is 11.9. The van der Waals surface area contributed by atoms with Crippen LogP contribution in [0.25, 0.3) is 0 Å². The molecule has 0 amide bonds. The molecule has 0 aromatic rings. The van der Waals surface area contributed by atoms with Crippen LogP contribution >= 0.6 is 0 Å². The second-order valence-corrected chi connectivity index (χ2v) is 18.1. The van der Waals surface area contributed by atoms with Crippen molar-refractivity contribution in [2.24, 2.45) is 0 Å². The van der Waals surface area contributed by atoms with Crippen molar-refractivity contribution in [2.45, 2.75) is 284 Å². The first-order valence-corrected chi connectivity index (χ1v) is 27.2. The van der Waals surface area contributed by atoms with E-state index in [1.54, 1.807) is 0 Å². The largest absolute Gasteiger partial charge is 0.462 e. The van der Waals surface area contributed by atoms with Gasteiger partial charge in [-0.2, -0.15) is 0 Å². The molecule has 0 aliphatic heterocycles. The van der Waals surface area contributed by atoms with Gasteiger partial charge in [-0.3, -0.25) is 9.59 Å². The number of unbranched alkanes of at least 4 members (excludes halogenated alkanes) is 31. The predicted molar refractivity (Wildman–Crippen MR) is 270 cm³/mol. The third-order valence-electron chi connectivity index (χ3n) is 11.9. The molecule has 0 spiro atoms. The molecule has 5 nitrogen and oxygen atoms in total. The van der Waals surface area contributed by atoms with E-state index in [9.17, 15) is 9.59 Å². The maximum Gasteiger partial charge on any atom is 0.306 e. The molecule has 0 aliphatic rings. The standard InChI is InChI=1S/C57H104O5/c1-4-7-10-13-16-19-21-23-25-27-28-29-31-33-35-37-40-43-46-49-52-60-53-55(62-57(59)51-48-45-42-38-18-15-12-9-6-3)54-61-56(58)50-47-44-41-39-36-34-32-30-26-24-22-20-17-14-11-8-5-2/h8,11,17,20,24,26,32,34,55H,4-7,9-10,12-16,18-19,21-23,25,27-31,33,35-54H2,1-3H3/b11-8-,20-17-,26-24-,34-32-. The van der Waals surface area contributed by atoms with Gasteiger partial charge in [0.1, 0.15) is 6.61 Å². The smallest absolute Gasteiger partial charge is 0.306 e. The maximum atomic E-state index is 12.7. The molecule has 0 heterocycles. The van der Waals surface area contributed by atoms with Gasteiger partial charge < -0.3 is 14.2 Å². The normalized spacial score (nSPS) is 12.5. The summed E-state index contributed by atoms with van der Waals surface area (Å²) in [6.45, 7) is 7.72. The van der Waals surface area contributed by atoms with Crippen LogP contribution in [-0.2, 0) is 23.8 Å². The summed E-state index contributed by atoms with van der Waals surface area (Å²) >= 11 is 0. The van der Waals surface area contributed by atoms with Gasteiger partial charge in [0.2, 0.25) is 0 Å². The van der Waals surface area contributed by atoms with E-state index in [1.807, 2.05) is 0 Å². The first-order valence-electron chi connectivity index (χ1n) is 27.2. The van der Waals surface area contributed by atoms with Crippen LogP contribution in [0.5, 0.6) is 0 Å². The summed E-state index contributed by atoms with van der Waals surface area (Å²) in [5, 5.41) is 0. The lowest BCUT2D eigenvalue weighted by Crippen LogP contribution is -2.30. The average Bonchev–Trinajstić information content (AvgIpc) is 3.27. The lowest BCUT2D eigenvalue weighted by atomic mass is 10.0. The van der Waals surface area contributed by atoms with Crippen LogP contribution in [0.3, 0.4) is 0 Å². The van der Waals surface area contributed by atoms with E-state index in [-0.39, 0.29) is 25.2 Å². The van der Waals surface area contributed by atoms with Gasteiger partial charge in [0, 0.05) is 19.4 Å². The summed E-state index contributed by atoms with van der Waals surface area (Å²) in [7, 11) is 0. The molecule has 0 N–H and O–H groups in total. The molecule has 0 bridgehead atoms. The highest BCUT2D eigenvalue weighted by molar-refractivity contribution is 5.70. The Balaban J connectivity index is 4.16. The molecular formula is C57H104O5. The van der Waals surface area contributed by atoms with E-state index in [0.717, 1.165) is 77.0 Å². The van der Waals surface area contributed by atoms with Gasteiger partial charge in [-0.15, -0.1) is 0 Å². The fourth-order valence-corrected chi connectivity index (χ4v) is 7.86. The monoisotopic (exact) mass is 869 g/mol. The predicted octanol–water partition coefficient (Wildman–Crippen LogP) is 18.3. The van der Waals surface area contributed by atoms with Crippen molar-refractivity contribution in [2.75, 3.05) is 19.8 Å². The molecule has 0 aliphatic carbocycles. The molecule has 0 saturated heterocycles. The van der Waals surface area contributed by atoms with Gasteiger partial charge in [-0.05, 0) is 57.8 Å². The van der Waals surface area contributed by atoms with Gasteiger partial charge in [-0.1, -0.05) is 256 Å². The van der Waals surface area contributed by atoms with Gasteiger partial charge in [-0.25, -0.2) is 0 Å². The van der Waals surface area contributed by atoms with Gasteiger partial charge in [0.05, 0.1) is 6.61 Å². The zero-order valence-corrected chi connectivity index (χ0v) is 41.6. The average molecular weight is 869 g/mol. The number of esters is 2. The summed E-state index contributed by atoms with van der Waals surface area (Å²) in [6.07, 6.45) is 65.6. The second-order valence-electron chi connectivity index (χ2n) is 18.1. The minimum atomic E-state index is -0.541. The van der Waals surface area contributed by atoms with E-state index < -0.39 is 6.10 Å². The Bertz CT molecular complexity index is 1030. The fourth-order valence-electron chi connectivity index (χ4n) is 7.86. The first kappa shape index (κ1) is 59.9. The second kappa shape index (κ2) is 53.2. The van der Waals surface area contributed by atoms with E-state index in [2.05, 4.69) is 69.4 Å². The molecule has 5 heteroatoms. The van der Waals surface area contributed by atoms with Crippen LogP contribution < -0.4 is 0 Å². The maximum absolute atomic E-state index is 12.7. The lowest BCUT2D eigenvalue weighted by molar-refractivity contribution is -0.163. The van der Waals surface area contributed by atoms with Crippen molar-refractivity contribution >= 4 is 11.9 Å². The Morgan fingerprint density at radius 3 is 1.16 bits per heavy atom. The third kappa shape index (κ3) is 50.5. The highest BCUT2D eigenvalue weighted by Gasteiger charge is 2.17. The van der Waals surface area contributed by atoms with Crippen LogP contribution in [0, 0.1) is 0 Å². The Morgan fingerprint density at radius 1 is 0.371 bits per heavy atom. The van der Waals surface area contributed by atoms with Crippen LogP contribution in [0.1, 0.15) is 278 Å². The first-order chi connectivity index (χ1) is 30.6. The van der Waals surface area contributed by atoms with Crippen molar-refractivity contribution in [1.29, 1.82) is 0 Å². The molecule has 0 saturated carbocycles. The lowest BCUT2D eigenvalue weighted by Gasteiger charge is -2.18. The van der Waals surface area contributed by atoms with Gasteiger partial charge in [0.25, 0.3) is 0 Å². The van der Waals surface area contributed by atoms with E-state index >= 15 is 0 Å². The summed E-state index contributed by atoms with van der Waals surface area (Å²) in [4.78, 5) is 25.3. The summed E-state index contributed by atoms with van der Waals surface area (Å²) in [5.74, 6) is -0.414. The van der Waals surface area contributed by atoms with Gasteiger partial charge in [0.15, 0.2) is 6.10 Å². The van der Waals surface area contributed by atoms with Crippen LogP contribution in [0.15, 0.2) is 48.6 Å². The minimum absolute atomic E-state index is 0.0768. The zero-order chi connectivity index (χ0) is 44.9. The number of allylic oxidation sites excluding steroid dienone is 8. The molecule has 0 aromatic heterocycles. The number of ether oxygens (including phenoxy) is 3. The van der Waals surface area contributed by atoms with Crippen LogP contribution in [-0.4, -0.2) is 37.9 Å². The SMILES string of the molecule is CC/C=C\C/C=C\C/C=C\C/C=C\CCCCCCC(=O)OCC(COCCCCCCCCCCCCCCCCCCCCCC)OC(=O)CCCCCCCCCCC. The van der Waals surface area contributed by atoms with Crippen molar-refractivity contribution in [3.63, 3.8) is 0 Å². The summed E-state index contributed by atoms with van der Waals surface area (Å²) in [5.41, 5.74) is 0. The highest BCUT2D eigenvalue weighted by atomic mass is 16.6. The van der Waals surface area contributed by atoms with E-state index in [0.29, 0.717) is 19.4 Å². The molecular weight excluding hydrogens is 765 g/mol. The number of carbonyl (C=O) groups is 2. The molecule has 1 atom stereocenters. The summed E-state index contributed by atoms with van der Waals surface area (Å²) < 4.78 is 17.4. The number of hydrogen-bond donors (Lipinski definition) is 0. The minimum Gasteiger partial charge on any atom is -0.462 e. The molecule has 362 valence electrons. The highest BCUT2D eigenvalue weighted by Crippen LogP contribution is 2.16. The fraction of sp³-hybridized carbons (Fsp3) is 0.825. The van der Waals surface area contributed by atoms with Gasteiger partial charge >= 0.3 is 11.9 Å². The molecule has 62 heavy (non-hydrogen) atoms. The van der Waals surface area contributed by atoms with E-state index in [1.165, 1.54) is 167 Å². The Morgan fingerprint density at radius 2 is 0.726 bits per heavy atom. The van der Waals surface area contributed by atoms with Crippen LogP contribution in [0.4, 0.5) is 0 Å². The van der Waals surface area contributed by atoms with Crippen molar-refractivity contribution in [1.82, 2.24) is 0 Å².